The minimum Gasteiger partial charge on any atom is -0.452 e. The highest BCUT2D eigenvalue weighted by atomic mass is 79.9. The summed E-state index contributed by atoms with van der Waals surface area (Å²) in [6.45, 7) is 4.30. The van der Waals surface area contributed by atoms with Gasteiger partial charge in [0.25, 0.3) is 0 Å². The van der Waals surface area contributed by atoms with Crippen molar-refractivity contribution >= 4 is 33.4 Å². The molecule has 5 nitrogen and oxygen atoms in total. The molecule has 2 aromatic rings. The summed E-state index contributed by atoms with van der Waals surface area (Å²) < 4.78 is 7.05. The maximum Gasteiger partial charge on any atom is 0.247 e. The van der Waals surface area contributed by atoms with Gasteiger partial charge in [0.1, 0.15) is 0 Å². The standard InChI is InChI=1S/C18H23BrN4OS/c1-3-5-6-7-10-25-18-21-17-16(22-23-18)13-11-12(19)8-9-14(13)20-15(4-2)24-17/h8-9,11,15,20H,3-7,10H2,1-2H3/t15-/m0/s1. The number of benzene rings is 1. The minimum absolute atomic E-state index is 0.125. The van der Waals surface area contributed by atoms with Crippen LogP contribution in [0.25, 0.3) is 11.3 Å². The molecule has 0 spiro atoms. The number of halogens is 1. The molecule has 1 atom stereocenters. The Hall–Kier alpha value is -1.34. The van der Waals surface area contributed by atoms with E-state index < -0.39 is 0 Å². The molecule has 1 aromatic carbocycles. The largest absolute Gasteiger partial charge is 0.452 e. The van der Waals surface area contributed by atoms with Crippen LogP contribution in [0.5, 0.6) is 5.88 Å². The Morgan fingerprint density at radius 3 is 2.88 bits per heavy atom. The normalized spacial score (nSPS) is 15.6. The Morgan fingerprint density at radius 1 is 1.20 bits per heavy atom. The van der Waals surface area contributed by atoms with E-state index in [0.29, 0.717) is 16.7 Å². The number of hydrogen-bond donors (Lipinski definition) is 1. The first-order valence-corrected chi connectivity index (χ1v) is 10.6. The lowest BCUT2D eigenvalue weighted by Crippen LogP contribution is -2.24. The van der Waals surface area contributed by atoms with Crippen LogP contribution in [0.4, 0.5) is 5.69 Å². The Morgan fingerprint density at radius 2 is 2.08 bits per heavy atom. The first kappa shape index (κ1) is 18.5. The lowest BCUT2D eigenvalue weighted by Gasteiger charge is -2.16. The van der Waals surface area contributed by atoms with Crippen LogP contribution in [0.1, 0.15) is 46.0 Å². The van der Waals surface area contributed by atoms with E-state index in [4.69, 9.17) is 4.74 Å². The summed E-state index contributed by atoms with van der Waals surface area (Å²) in [5.74, 6) is 1.57. The molecule has 0 unspecified atom stereocenters. The fourth-order valence-electron chi connectivity index (χ4n) is 2.66. The third kappa shape index (κ3) is 4.64. The summed E-state index contributed by atoms with van der Waals surface area (Å²) in [6.07, 6.45) is 5.66. The quantitative estimate of drug-likeness (QED) is 0.468. The highest BCUT2D eigenvalue weighted by Gasteiger charge is 2.24. The molecular formula is C18H23BrN4OS. The van der Waals surface area contributed by atoms with Gasteiger partial charge in [-0.25, -0.2) is 0 Å². The number of fused-ring (bicyclic) bond motifs is 3. The van der Waals surface area contributed by atoms with Crippen molar-refractivity contribution in [1.82, 2.24) is 15.2 Å². The highest BCUT2D eigenvalue weighted by molar-refractivity contribution is 9.10. The van der Waals surface area contributed by atoms with Gasteiger partial charge in [0.05, 0.1) is 0 Å². The van der Waals surface area contributed by atoms with E-state index in [2.05, 4.69) is 50.3 Å². The Bertz CT molecular complexity index is 728. The zero-order valence-electron chi connectivity index (χ0n) is 14.6. The van der Waals surface area contributed by atoms with Gasteiger partial charge in [0, 0.05) is 27.9 Å². The zero-order valence-corrected chi connectivity index (χ0v) is 17.0. The van der Waals surface area contributed by atoms with Gasteiger partial charge in [-0.2, -0.15) is 4.98 Å². The maximum atomic E-state index is 6.06. The van der Waals surface area contributed by atoms with Crippen LogP contribution < -0.4 is 10.1 Å². The van der Waals surface area contributed by atoms with Crippen molar-refractivity contribution in [2.75, 3.05) is 11.1 Å². The minimum atomic E-state index is -0.125. The van der Waals surface area contributed by atoms with Gasteiger partial charge in [-0.1, -0.05) is 60.8 Å². The second-order valence-corrected chi connectivity index (χ2v) is 7.98. The van der Waals surface area contributed by atoms with Crippen molar-refractivity contribution in [2.45, 2.75) is 57.3 Å². The summed E-state index contributed by atoms with van der Waals surface area (Å²) in [6, 6.07) is 6.06. The van der Waals surface area contributed by atoms with E-state index in [1.54, 1.807) is 11.8 Å². The number of nitrogens with one attached hydrogen (secondary N) is 1. The van der Waals surface area contributed by atoms with Crippen molar-refractivity contribution in [3.63, 3.8) is 0 Å². The molecule has 0 fully saturated rings. The van der Waals surface area contributed by atoms with Gasteiger partial charge in [-0.05, 0) is 24.6 Å². The van der Waals surface area contributed by atoms with Gasteiger partial charge < -0.3 is 10.1 Å². The predicted molar refractivity (Wildman–Crippen MR) is 106 cm³/mol. The van der Waals surface area contributed by atoms with Crippen LogP contribution in [0.2, 0.25) is 0 Å². The summed E-state index contributed by atoms with van der Waals surface area (Å²) >= 11 is 5.18. The predicted octanol–water partition coefficient (Wildman–Crippen LogP) is 5.51. The molecule has 3 rings (SSSR count). The average Bonchev–Trinajstić information content (AvgIpc) is 2.77. The average molecular weight is 423 g/mol. The molecule has 2 heterocycles. The molecule has 0 bridgehead atoms. The Kier molecular flexibility index (Phi) is 6.53. The first-order chi connectivity index (χ1) is 12.2. The fraction of sp³-hybridized carbons (Fsp3) is 0.500. The van der Waals surface area contributed by atoms with E-state index in [1.807, 2.05) is 18.2 Å². The second-order valence-electron chi connectivity index (χ2n) is 6.01. The van der Waals surface area contributed by atoms with Crippen LogP contribution in [0, 0.1) is 0 Å². The summed E-state index contributed by atoms with van der Waals surface area (Å²) in [5.41, 5.74) is 2.64. The van der Waals surface area contributed by atoms with Gasteiger partial charge in [0.15, 0.2) is 11.9 Å². The van der Waals surface area contributed by atoms with E-state index >= 15 is 0 Å². The SMILES string of the molecule is CCCCCCSc1nnc2c(n1)O[C@@H](CC)Nc1ccc(Br)cc1-2. The highest BCUT2D eigenvalue weighted by Crippen LogP contribution is 2.38. The first-order valence-electron chi connectivity index (χ1n) is 8.82. The molecule has 134 valence electrons. The van der Waals surface area contributed by atoms with Gasteiger partial charge >= 0.3 is 0 Å². The number of nitrogens with zero attached hydrogens (tertiary/aromatic N) is 3. The maximum absolute atomic E-state index is 6.06. The number of hydrogen-bond acceptors (Lipinski definition) is 6. The molecule has 0 amide bonds. The molecule has 1 aliphatic rings. The Labute approximate surface area is 161 Å². The van der Waals surface area contributed by atoms with Crippen LogP contribution in [0.3, 0.4) is 0 Å². The summed E-state index contributed by atoms with van der Waals surface area (Å²) in [7, 11) is 0. The summed E-state index contributed by atoms with van der Waals surface area (Å²) in [5, 5.41) is 12.8. The van der Waals surface area contributed by atoms with Crippen molar-refractivity contribution in [3.8, 4) is 17.1 Å². The molecule has 0 aliphatic carbocycles. The molecule has 1 aromatic heterocycles. The van der Waals surface area contributed by atoms with Crippen molar-refractivity contribution < 1.29 is 4.74 Å². The van der Waals surface area contributed by atoms with Crippen molar-refractivity contribution in [2.24, 2.45) is 0 Å². The Balaban J connectivity index is 1.83. The van der Waals surface area contributed by atoms with E-state index in [9.17, 15) is 0 Å². The molecule has 25 heavy (non-hydrogen) atoms. The second kappa shape index (κ2) is 8.85. The number of ether oxygens (including phenoxy) is 1. The van der Waals surface area contributed by atoms with Gasteiger partial charge in [-0.15, -0.1) is 10.2 Å². The molecule has 0 saturated carbocycles. The molecule has 0 radical (unpaired) electrons. The monoisotopic (exact) mass is 422 g/mol. The van der Waals surface area contributed by atoms with Crippen LogP contribution in [-0.2, 0) is 0 Å². The van der Waals surface area contributed by atoms with E-state index in [1.165, 1.54) is 25.7 Å². The third-order valence-corrected chi connectivity index (χ3v) is 5.46. The molecular weight excluding hydrogens is 400 g/mol. The lowest BCUT2D eigenvalue weighted by atomic mass is 10.1. The van der Waals surface area contributed by atoms with Crippen molar-refractivity contribution in [1.29, 1.82) is 0 Å². The lowest BCUT2D eigenvalue weighted by molar-refractivity contribution is 0.216. The topological polar surface area (TPSA) is 59.9 Å². The fourth-order valence-corrected chi connectivity index (χ4v) is 3.80. The number of rotatable bonds is 7. The smallest absolute Gasteiger partial charge is 0.247 e. The third-order valence-electron chi connectivity index (χ3n) is 4.04. The number of anilines is 1. The number of thioether (sulfide) groups is 1. The number of unbranched alkanes of at least 4 members (excludes halogenated alkanes) is 3. The van der Waals surface area contributed by atoms with E-state index in [-0.39, 0.29) is 6.23 Å². The van der Waals surface area contributed by atoms with Crippen LogP contribution >= 0.6 is 27.7 Å². The zero-order chi connectivity index (χ0) is 17.6. The van der Waals surface area contributed by atoms with Gasteiger partial charge in [0.2, 0.25) is 11.0 Å². The van der Waals surface area contributed by atoms with Gasteiger partial charge in [-0.3, -0.25) is 0 Å². The molecule has 0 saturated heterocycles. The number of aromatic nitrogens is 3. The molecule has 7 heteroatoms. The molecule has 1 aliphatic heterocycles. The molecule has 1 N–H and O–H groups in total. The van der Waals surface area contributed by atoms with Crippen LogP contribution in [-0.4, -0.2) is 27.2 Å². The van der Waals surface area contributed by atoms with Crippen LogP contribution in [0.15, 0.2) is 27.8 Å². The van der Waals surface area contributed by atoms with Crippen molar-refractivity contribution in [3.05, 3.63) is 22.7 Å². The van der Waals surface area contributed by atoms with E-state index in [0.717, 1.165) is 27.9 Å². The summed E-state index contributed by atoms with van der Waals surface area (Å²) in [4.78, 5) is 4.63.